The predicted octanol–water partition coefficient (Wildman–Crippen LogP) is 2.68. The van der Waals surface area contributed by atoms with E-state index in [1.807, 2.05) is 0 Å². The van der Waals surface area contributed by atoms with E-state index in [0.29, 0.717) is 18.5 Å². The molecule has 0 bridgehead atoms. The second kappa shape index (κ2) is 9.96. The number of halogens is 2. The zero-order valence-corrected chi connectivity index (χ0v) is 15.7. The number of nitrogens with two attached hydrogens (primary N) is 1. The molecule has 0 aliphatic carbocycles. The number of nitrogens with zero attached hydrogens (tertiary/aromatic N) is 2. The number of amides is 1. The van der Waals surface area contributed by atoms with Crippen molar-refractivity contribution in [3.8, 4) is 0 Å². The van der Waals surface area contributed by atoms with Gasteiger partial charge in [0.15, 0.2) is 0 Å². The summed E-state index contributed by atoms with van der Waals surface area (Å²) in [5, 5.41) is 0. The largest absolute Gasteiger partial charge is 0.341 e. The number of piperidine rings is 1. The Morgan fingerprint density at radius 3 is 2.18 bits per heavy atom. The van der Waals surface area contributed by atoms with Crippen LogP contribution in [0.15, 0.2) is 0 Å². The topological polar surface area (TPSA) is 49.6 Å². The Labute approximate surface area is 148 Å². The van der Waals surface area contributed by atoms with Crippen molar-refractivity contribution in [2.45, 2.75) is 58.4 Å². The molecular formula is C16H33Cl2N3O. The zero-order valence-electron chi connectivity index (χ0n) is 14.1. The first-order valence-electron chi connectivity index (χ1n) is 8.40. The number of carbonyl (C=O) groups excluding carboxylic acids is 1. The van der Waals surface area contributed by atoms with E-state index in [1.54, 1.807) is 0 Å². The highest BCUT2D eigenvalue weighted by atomic mass is 35.5. The van der Waals surface area contributed by atoms with E-state index in [4.69, 9.17) is 5.73 Å². The van der Waals surface area contributed by atoms with Gasteiger partial charge in [0, 0.05) is 25.7 Å². The Balaban J connectivity index is 0.00000220. The molecule has 2 rings (SSSR count). The summed E-state index contributed by atoms with van der Waals surface area (Å²) in [6, 6.07) is 0.587. The molecule has 0 aromatic heterocycles. The number of likely N-dealkylation sites (tertiary alicyclic amines) is 2. The lowest BCUT2D eigenvalue weighted by Gasteiger charge is -2.35. The van der Waals surface area contributed by atoms with Crippen LogP contribution in [0.4, 0.5) is 0 Å². The summed E-state index contributed by atoms with van der Waals surface area (Å²) >= 11 is 0. The average molecular weight is 354 g/mol. The fourth-order valence-corrected chi connectivity index (χ4v) is 3.77. The number of hydrogen-bond donors (Lipinski definition) is 1. The van der Waals surface area contributed by atoms with Crippen LogP contribution >= 0.6 is 24.8 Å². The van der Waals surface area contributed by atoms with Crippen molar-refractivity contribution in [2.24, 2.45) is 11.1 Å². The van der Waals surface area contributed by atoms with Crippen LogP contribution in [-0.4, -0.2) is 54.5 Å². The van der Waals surface area contributed by atoms with Gasteiger partial charge in [-0.2, -0.15) is 0 Å². The molecule has 2 fully saturated rings. The Bertz CT molecular complexity index is 323. The van der Waals surface area contributed by atoms with Gasteiger partial charge in [0.1, 0.15) is 0 Å². The van der Waals surface area contributed by atoms with Crippen molar-refractivity contribution in [2.75, 3.05) is 32.7 Å². The van der Waals surface area contributed by atoms with Crippen molar-refractivity contribution < 1.29 is 4.79 Å². The molecule has 2 aliphatic rings. The van der Waals surface area contributed by atoms with E-state index in [0.717, 1.165) is 32.4 Å². The van der Waals surface area contributed by atoms with Gasteiger partial charge in [0.05, 0.1) is 5.41 Å². The summed E-state index contributed by atoms with van der Waals surface area (Å²) in [6.07, 6.45) is 6.85. The minimum Gasteiger partial charge on any atom is -0.341 e. The summed E-state index contributed by atoms with van der Waals surface area (Å²) in [7, 11) is 0. The van der Waals surface area contributed by atoms with Gasteiger partial charge in [-0.1, -0.05) is 20.3 Å². The van der Waals surface area contributed by atoms with Gasteiger partial charge < -0.3 is 10.6 Å². The lowest BCUT2D eigenvalue weighted by molar-refractivity contribution is -0.141. The minimum atomic E-state index is -0.323. The van der Waals surface area contributed by atoms with Crippen LogP contribution in [0.3, 0.4) is 0 Å². The van der Waals surface area contributed by atoms with Crippen molar-refractivity contribution in [3.63, 3.8) is 0 Å². The fourth-order valence-electron chi connectivity index (χ4n) is 3.77. The lowest BCUT2D eigenvalue weighted by atomic mass is 9.81. The molecule has 2 saturated heterocycles. The minimum absolute atomic E-state index is 0. The molecule has 0 radical (unpaired) electrons. The molecule has 2 aliphatic heterocycles. The van der Waals surface area contributed by atoms with E-state index in [2.05, 4.69) is 23.6 Å². The highest BCUT2D eigenvalue weighted by molar-refractivity contribution is 5.85. The number of rotatable bonds is 5. The molecule has 2 N–H and O–H groups in total. The van der Waals surface area contributed by atoms with Crippen LogP contribution in [-0.2, 0) is 4.79 Å². The predicted molar refractivity (Wildman–Crippen MR) is 97.0 cm³/mol. The van der Waals surface area contributed by atoms with Crippen LogP contribution in [0.25, 0.3) is 0 Å². The molecule has 1 amide bonds. The van der Waals surface area contributed by atoms with Gasteiger partial charge >= 0.3 is 0 Å². The highest BCUT2D eigenvalue weighted by Gasteiger charge is 2.40. The smallest absolute Gasteiger partial charge is 0.230 e. The first-order chi connectivity index (χ1) is 9.66. The Morgan fingerprint density at radius 2 is 1.68 bits per heavy atom. The molecule has 22 heavy (non-hydrogen) atoms. The maximum Gasteiger partial charge on any atom is 0.230 e. The van der Waals surface area contributed by atoms with Crippen molar-refractivity contribution >= 4 is 30.7 Å². The molecule has 0 spiro atoms. The van der Waals surface area contributed by atoms with E-state index in [9.17, 15) is 4.79 Å². The maximum atomic E-state index is 12.8. The van der Waals surface area contributed by atoms with Crippen LogP contribution < -0.4 is 5.73 Å². The van der Waals surface area contributed by atoms with E-state index in [-0.39, 0.29) is 30.2 Å². The van der Waals surface area contributed by atoms with Gasteiger partial charge in [-0.3, -0.25) is 9.69 Å². The summed E-state index contributed by atoms with van der Waals surface area (Å²) < 4.78 is 0. The van der Waals surface area contributed by atoms with Crippen molar-refractivity contribution in [3.05, 3.63) is 0 Å². The molecule has 132 valence electrons. The summed E-state index contributed by atoms with van der Waals surface area (Å²) in [5.74, 6) is 0.296. The second-order valence-corrected chi connectivity index (χ2v) is 6.48. The fraction of sp³-hybridized carbons (Fsp3) is 0.938. The second-order valence-electron chi connectivity index (χ2n) is 6.48. The summed E-state index contributed by atoms with van der Waals surface area (Å²) in [4.78, 5) is 17.5. The molecule has 0 aromatic carbocycles. The monoisotopic (exact) mass is 353 g/mol. The third-order valence-corrected chi connectivity index (χ3v) is 5.56. The number of carbonyl (C=O) groups is 1. The quantitative estimate of drug-likeness (QED) is 0.826. The van der Waals surface area contributed by atoms with Gasteiger partial charge in [-0.15, -0.1) is 24.8 Å². The van der Waals surface area contributed by atoms with E-state index >= 15 is 0 Å². The molecule has 6 heteroatoms. The third kappa shape index (κ3) is 4.50. The van der Waals surface area contributed by atoms with Crippen LogP contribution in [0.2, 0.25) is 0 Å². The molecule has 0 saturated carbocycles. The molecule has 0 aromatic rings. The molecule has 1 atom stereocenters. The molecule has 1 unspecified atom stereocenters. The van der Waals surface area contributed by atoms with Crippen molar-refractivity contribution in [1.82, 2.24) is 9.80 Å². The maximum absolute atomic E-state index is 12.8. The van der Waals surface area contributed by atoms with Gasteiger partial charge in [0.25, 0.3) is 0 Å². The first kappa shape index (κ1) is 22.0. The first-order valence-corrected chi connectivity index (χ1v) is 8.40. The molecular weight excluding hydrogens is 321 g/mol. The summed E-state index contributed by atoms with van der Waals surface area (Å²) in [6.45, 7) is 8.93. The standard InChI is InChI=1S/C16H31N3O.2ClH/c1-3-16(4-2,13-17)15(20)19-11-8-14(12-19)18-9-6-5-7-10-18;;/h14H,3-13,17H2,1-2H3;2*1H. The molecule has 4 nitrogen and oxygen atoms in total. The Hall–Kier alpha value is -0.0300. The van der Waals surface area contributed by atoms with Crippen LogP contribution in [0.1, 0.15) is 52.4 Å². The Morgan fingerprint density at radius 1 is 1.09 bits per heavy atom. The van der Waals surface area contributed by atoms with Crippen molar-refractivity contribution in [1.29, 1.82) is 0 Å². The SMILES string of the molecule is CCC(CC)(CN)C(=O)N1CCC(N2CCCCC2)C1.Cl.Cl. The van der Waals surface area contributed by atoms with Gasteiger partial charge in [-0.25, -0.2) is 0 Å². The Kier molecular flexibility index (Phi) is 9.95. The summed E-state index contributed by atoms with van der Waals surface area (Å²) in [5.41, 5.74) is 5.59. The highest BCUT2D eigenvalue weighted by Crippen LogP contribution is 2.30. The van der Waals surface area contributed by atoms with Crippen LogP contribution in [0, 0.1) is 5.41 Å². The lowest BCUT2D eigenvalue weighted by Crippen LogP contribution is -2.48. The van der Waals surface area contributed by atoms with Gasteiger partial charge in [-0.05, 0) is 45.2 Å². The molecule has 2 heterocycles. The van der Waals surface area contributed by atoms with Gasteiger partial charge in [0.2, 0.25) is 5.91 Å². The normalized spacial score (nSPS) is 22.9. The van der Waals surface area contributed by atoms with Crippen LogP contribution in [0.5, 0.6) is 0 Å². The number of hydrogen-bond acceptors (Lipinski definition) is 3. The zero-order chi connectivity index (χ0) is 14.6. The van der Waals surface area contributed by atoms with E-state index in [1.165, 1.54) is 32.4 Å². The van der Waals surface area contributed by atoms with E-state index < -0.39 is 0 Å². The third-order valence-electron chi connectivity index (χ3n) is 5.56. The average Bonchev–Trinajstić information content (AvgIpc) is 3.00.